The standard InChI is InChI=1S/C16H12BrClF2N2O5/c17-9-2-1-3-13(27-16(19)20)15(9)11(7-14(23)24)21-10-6-8(18)4-5-12(10)22(25)26/h1-6,11,16,21H,7H2,(H,23,24). The fourth-order valence-electron chi connectivity index (χ4n) is 2.42. The van der Waals surface area contributed by atoms with E-state index in [2.05, 4.69) is 26.0 Å². The average molecular weight is 466 g/mol. The second-order valence-corrected chi connectivity index (χ2v) is 6.53. The van der Waals surface area contributed by atoms with Gasteiger partial charge in [0.25, 0.3) is 5.69 Å². The number of nitro groups is 1. The van der Waals surface area contributed by atoms with Crippen molar-refractivity contribution in [2.24, 2.45) is 0 Å². The highest BCUT2D eigenvalue weighted by Gasteiger charge is 2.26. The summed E-state index contributed by atoms with van der Waals surface area (Å²) in [5.41, 5.74) is -0.329. The molecular weight excluding hydrogens is 454 g/mol. The van der Waals surface area contributed by atoms with Gasteiger partial charge in [-0.25, -0.2) is 0 Å². The van der Waals surface area contributed by atoms with Crippen molar-refractivity contribution in [3.63, 3.8) is 0 Å². The molecule has 2 N–H and O–H groups in total. The van der Waals surface area contributed by atoms with Gasteiger partial charge >= 0.3 is 12.6 Å². The monoisotopic (exact) mass is 464 g/mol. The number of aliphatic carboxylic acids is 1. The Labute approximate surface area is 165 Å². The Balaban J connectivity index is 2.54. The lowest BCUT2D eigenvalue weighted by Crippen LogP contribution is -2.18. The molecule has 0 radical (unpaired) electrons. The van der Waals surface area contributed by atoms with Crippen molar-refractivity contribution in [3.8, 4) is 5.75 Å². The molecule has 7 nitrogen and oxygen atoms in total. The zero-order valence-electron chi connectivity index (χ0n) is 13.4. The molecule has 0 heterocycles. The zero-order chi connectivity index (χ0) is 20.1. The Morgan fingerprint density at radius 2 is 2.07 bits per heavy atom. The molecule has 0 amide bonds. The Hall–Kier alpha value is -2.46. The molecule has 2 aromatic carbocycles. The van der Waals surface area contributed by atoms with Gasteiger partial charge in [0.05, 0.1) is 17.4 Å². The molecule has 11 heteroatoms. The number of benzene rings is 2. The van der Waals surface area contributed by atoms with E-state index in [4.69, 9.17) is 11.6 Å². The highest BCUT2D eigenvalue weighted by atomic mass is 79.9. The average Bonchev–Trinajstić information content (AvgIpc) is 2.53. The molecule has 0 fully saturated rings. The maximum atomic E-state index is 12.7. The van der Waals surface area contributed by atoms with Gasteiger partial charge in [-0.2, -0.15) is 8.78 Å². The van der Waals surface area contributed by atoms with Crippen LogP contribution in [0.5, 0.6) is 5.75 Å². The number of hydrogen-bond donors (Lipinski definition) is 2. The number of carboxylic acids is 1. The first-order chi connectivity index (χ1) is 12.7. The SMILES string of the molecule is O=C(O)CC(Nc1cc(Cl)ccc1[N+](=O)[O-])c1c(Br)cccc1OC(F)F. The molecule has 0 saturated heterocycles. The number of nitrogens with one attached hydrogen (secondary N) is 1. The summed E-state index contributed by atoms with van der Waals surface area (Å²) in [6.07, 6.45) is -0.564. The number of nitrogens with zero attached hydrogens (tertiary/aromatic N) is 1. The topological polar surface area (TPSA) is 102 Å². The van der Waals surface area contributed by atoms with Crippen LogP contribution >= 0.6 is 27.5 Å². The van der Waals surface area contributed by atoms with Crippen LogP contribution in [-0.4, -0.2) is 22.6 Å². The van der Waals surface area contributed by atoms with Crippen molar-refractivity contribution in [2.45, 2.75) is 19.1 Å². The van der Waals surface area contributed by atoms with Gasteiger partial charge in [0.2, 0.25) is 0 Å². The van der Waals surface area contributed by atoms with E-state index in [9.17, 15) is 28.8 Å². The van der Waals surface area contributed by atoms with Crippen LogP contribution in [0.15, 0.2) is 40.9 Å². The van der Waals surface area contributed by atoms with Gasteiger partial charge in [-0.3, -0.25) is 14.9 Å². The van der Waals surface area contributed by atoms with Gasteiger partial charge < -0.3 is 15.2 Å². The van der Waals surface area contributed by atoms with Crippen LogP contribution in [-0.2, 0) is 4.79 Å². The van der Waals surface area contributed by atoms with E-state index in [0.717, 1.165) is 6.07 Å². The van der Waals surface area contributed by atoms with Crippen molar-refractivity contribution in [2.75, 3.05) is 5.32 Å². The van der Waals surface area contributed by atoms with E-state index in [1.807, 2.05) is 0 Å². The number of nitro benzene ring substituents is 1. The second kappa shape index (κ2) is 8.96. The van der Waals surface area contributed by atoms with E-state index in [0.29, 0.717) is 4.47 Å². The molecule has 0 aliphatic rings. The van der Waals surface area contributed by atoms with Gasteiger partial charge in [0.15, 0.2) is 0 Å². The molecule has 2 rings (SSSR count). The van der Waals surface area contributed by atoms with Gasteiger partial charge in [0, 0.05) is 21.1 Å². The highest BCUT2D eigenvalue weighted by Crippen LogP contribution is 2.39. The lowest BCUT2D eigenvalue weighted by Gasteiger charge is -2.22. The van der Waals surface area contributed by atoms with Gasteiger partial charge in [-0.1, -0.05) is 33.6 Å². The van der Waals surface area contributed by atoms with Crippen LogP contribution < -0.4 is 10.1 Å². The zero-order valence-corrected chi connectivity index (χ0v) is 15.7. The van der Waals surface area contributed by atoms with E-state index in [1.165, 1.54) is 30.3 Å². The molecule has 0 saturated carbocycles. The van der Waals surface area contributed by atoms with Crippen molar-refractivity contribution in [3.05, 3.63) is 61.6 Å². The van der Waals surface area contributed by atoms with Crippen molar-refractivity contribution >= 4 is 44.9 Å². The molecule has 1 atom stereocenters. The van der Waals surface area contributed by atoms with Crippen molar-refractivity contribution in [1.82, 2.24) is 0 Å². The molecule has 2 aromatic rings. The predicted molar refractivity (Wildman–Crippen MR) is 97.5 cm³/mol. The normalized spacial score (nSPS) is 11.9. The summed E-state index contributed by atoms with van der Waals surface area (Å²) >= 11 is 9.06. The van der Waals surface area contributed by atoms with Crippen molar-refractivity contribution < 1.29 is 28.3 Å². The van der Waals surface area contributed by atoms with Gasteiger partial charge in [-0.15, -0.1) is 0 Å². The Morgan fingerprint density at radius 3 is 2.67 bits per heavy atom. The smallest absolute Gasteiger partial charge is 0.387 e. The second-order valence-electron chi connectivity index (χ2n) is 5.24. The number of alkyl halides is 2. The number of anilines is 1. The van der Waals surface area contributed by atoms with Crippen LogP contribution in [0.2, 0.25) is 5.02 Å². The Morgan fingerprint density at radius 1 is 1.37 bits per heavy atom. The van der Waals surface area contributed by atoms with Gasteiger partial charge in [0.1, 0.15) is 11.4 Å². The maximum Gasteiger partial charge on any atom is 0.387 e. The fourth-order valence-corrected chi connectivity index (χ4v) is 3.22. The molecule has 0 aliphatic carbocycles. The van der Waals surface area contributed by atoms with Gasteiger partial charge in [-0.05, 0) is 24.3 Å². The lowest BCUT2D eigenvalue weighted by molar-refractivity contribution is -0.384. The minimum atomic E-state index is -3.14. The van der Waals surface area contributed by atoms with E-state index < -0.39 is 30.0 Å². The third-order valence-electron chi connectivity index (χ3n) is 3.44. The molecular formula is C16H12BrClF2N2O5. The summed E-state index contributed by atoms with van der Waals surface area (Å²) in [7, 11) is 0. The summed E-state index contributed by atoms with van der Waals surface area (Å²) in [6.45, 7) is -3.14. The first-order valence-electron chi connectivity index (χ1n) is 7.34. The van der Waals surface area contributed by atoms with Crippen LogP contribution in [0.4, 0.5) is 20.2 Å². The molecule has 27 heavy (non-hydrogen) atoms. The largest absolute Gasteiger partial charge is 0.481 e. The minimum Gasteiger partial charge on any atom is -0.481 e. The van der Waals surface area contributed by atoms with E-state index in [1.54, 1.807) is 0 Å². The van der Waals surface area contributed by atoms with Crippen LogP contribution in [0.25, 0.3) is 0 Å². The lowest BCUT2D eigenvalue weighted by atomic mass is 10.0. The van der Waals surface area contributed by atoms with Crippen LogP contribution in [0.3, 0.4) is 0 Å². The van der Waals surface area contributed by atoms with Crippen molar-refractivity contribution in [1.29, 1.82) is 0 Å². The summed E-state index contributed by atoms with van der Waals surface area (Å²) in [5.74, 6) is -1.52. The van der Waals surface area contributed by atoms with E-state index >= 15 is 0 Å². The first kappa shape index (κ1) is 20.8. The first-order valence-corrected chi connectivity index (χ1v) is 8.51. The number of carbonyl (C=O) groups is 1. The summed E-state index contributed by atoms with van der Waals surface area (Å²) < 4.78 is 30.2. The number of rotatable bonds is 8. The molecule has 0 aromatic heterocycles. The molecule has 0 bridgehead atoms. The molecule has 0 aliphatic heterocycles. The summed E-state index contributed by atoms with van der Waals surface area (Å²) in [6, 6.07) is 6.78. The number of halogens is 4. The van der Waals surface area contributed by atoms with E-state index in [-0.39, 0.29) is 27.7 Å². The maximum absolute atomic E-state index is 12.7. The Kier molecular flexibility index (Phi) is 6.92. The highest BCUT2D eigenvalue weighted by molar-refractivity contribution is 9.10. The van der Waals surface area contributed by atoms with Crippen LogP contribution in [0.1, 0.15) is 18.0 Å². The summed E-state index contributed by atoms with van der Waals surface area (Å²) in [5, 5.41) is 23.3. The third kappa shape index (κ3) is 5.51. The van der Waals surface area contributed by atoms with Crippen LogP contribution in [0, 0.1) is 10.1 Å². The molecule has 0 spiro atoms. The fraction of sp³-hybridized carbons (Fsp3) is 0.188. The Bertz CT molecular complexity index is 869. The summed E-state index contributed by atoms with van der Waals surface area (Å²) in [4.78, 5) is 21.9. The minimum absolute atomic E-state index is 0.0579. The number of hydrogen-bond acceptors (Lipinski definition) is 5. The quantitative estimate of drug-likeness (QED) is 0.408. The molecule has 144 valence electrons. The third-order valence-corrected chi connectivity index (χ3v) is 4.37. The predicted octanol–water partition coefficient (Wildman–Crippen LogP) is 5.24. The number of carboxylic acid groups (broad SMARTS) is 1. The molecule has 1 unspecified atom stereocenters. The number of ether oxygens (including phenoxy) is 1.